The van der Waals surface area contributed by atoms with Gasteiger partial charge in [-0.25, -0.2) is 4.68 Å². The zero-order valence-electron chi connectivity index (χ0n) is 17.8. The molecule has 0 amide bonds. The minimum absolute atomic E-state index is 0.135. The third kappa shape index (κ3) is 4.40. The van der Waals surface area contributed by atoms with Crippen LogP contribution >= 0.6 is 12.2 Å². The number of fused-ring (bicyclic) bond motifs is 1. The molecule has 3 N–H and O–H groups in total. The smallest absolute Gasteiger partial charge is 0.184 e. The van der Waals surface area contributed by atoms with E-state index in [-0.39, 0.29) is 5.11 Å². The summed E-state index contributed by atoms with van der Waals surface area (Å²) in [4.78, 5) is 0. The van der Waals surface area contributed by atoms with Crippen molar-refractivity contribution in [2.75, 3.05) is 0 Å². The fraction of sp³-hybridized carbons (Fsp3) is 0.0385. The molecule has 0 atom stereocenters. The Hall–Kier alpha value is -4.23. The molecule has 0 aliphatic heterocycles. The number of nitrogens with two attached hydrogens (primary N) is 1. The molecule has 0 aliphatic rings. The van der Waals surface area contributed by atoms with Crippen LogP contribution in [0.5, 0.6) is 0 Å². The average molecular weight is 451 g/mol. The van der Waals surface area contributed by atoms with Crippen molar-refractivity contribution in [3.63, 3.8) is 0 Å². The van der Waals surface area contributed by atoms with Crippen LogP contribution < -0.4 is 11.2 Å². The number of nitrogens with zero attached hydrogens (tertiary/aromatic N) is 4. The normalized spacial score (nSPS) is 11.3. The Bertz CT molecular complexity index is 1430. The highest BCUT2D eigenvalue weighted by atomic mass is 32.1. The molecule has 7 heteroatoms. The van der Waals surface area contributed by atoms with E-state index in [1.807, 2.05) is 53.2 Å². The molecule has 0 spiro atoms. The molecule has 0 fully saturated rings. The van der Waals surface area contributed by atoms with Gasteiger partial charge in [0.05, 0.1) is 24.1 Å². The second-order valence-corrected chi connectivity index (χ2v) is 8.05. The van der Waals surface area contributed by atoms with Crippen molar-refractivity contribution in [2.24, 2.45) is 10.8 Å². The zero-order valence-corrected chi connectivity index (χ0v) is 18.6. The molecule has 0 saturated heterocycles. The standard InChI is InChI=1S/C26H22N6S/c27-26(33)29-28-15-20-16-31(24-14-8-7-13-23(20)24)17-21-18-32(22-11-5-2-6-12-22)30-25(21)19-9-3-1-4-10-19/h1-16,18H,17H2,(H3,27,29,33)/b28-15-. The molecule has 6 nitrogen and oxygen atoms in total. The van der Waals surface area contributed by atoms with E-state index in [0.29, 0.717) is 6.54 Å². The van der Waals surface area contributed by atoms with Gasteiger partial charge in [0.2, 0.25) is 0 Å². The molecule has 0 aliphatic carbocycles. The number of benzene rings is 3. The maximum absolute atomic E-state index is 5.49. The largest absolute Gasteiger partial charge is 0.375 e. The van der Waals surface area contributed by atoms with Gasteiger partial charge in [-0.1, -0.05) is 66.7 Å². The molecule has 3 aromatic carbocycles. The van der Waals surface area contributed by atoms with Crippen LogP contribution in [-0.2, 0) is 6.54 Å². The molecule has 162 valence electrons. The zero-order chi connectivity index (χ0) is 22.6. The Morgan fingerprint density at radius 2 is 1.64 bits per heavy atom. The van der Waals surface area contributed by atoms with Crippen molar-refractivity contribution in [3.05, 3.63) is 108 Å². The number of nitrogens with one attached hydrogen (secondary N) is 1. The lowest BCUT2D eigenvalue weighted by Crippen LogP contribution is -2.23. The first-order chi connectivity index (χ1) is 16.2. The first kappa shape index (κ1) is 20.7. The summed E-state index contributed by atoms with van der Waals surface area (Å²) in [6.45, 7) is 0.661. The third-order valence-electron chi connectivity index (χ3n) is 5.40. The number of para-hydroxylation sites is 2. The molecule has 2 heterocycles. The average Bonchev–Trinajstić information content (AvgIpc) is 3.42. The molecular weight excluding hydrogens is 428 g/mol. The van der Waals surface area contributed by atoms with Gasteiger partial charge in [-0.2, -0.15) is 10.2 Å². The van der Waals surface area contributed by atoms with E-state index in [4.69, 9.17) is 23.1 Å². The SMILES string of the molecule is NC(=S)N/N=C\c1cn(Cc2cn(-c3ccccc3)nc2-c2ccccc2)c2ccccc12. The van der Waals surface area contributed by atoms with Crippen LogP contribution in [0.15, 0.2) is 102 Å². The number of hydrogen-bond donors (Lipinski definition) is 2. The lowest BCUT2D eigenvalue weighted by Gasteiger charge is -2.06. The van der Waals surface area contributed by atoms with Gasteiger partial charge in [0.15, 0.2) is 5.11 Å². The fourth-order valence-electron chi connectivity index (χ4n) is 3.94. The van der Waals surface area contributed by atoms with Gasteiger partial charge < -0.3 is 10.3 Å². The minimum atomic E-state index is 0.135. The molecule has 0 unspecified atom stereocenters. The molecule has 33 heavy (non-hydrogen) atoms. The number of thiocarbonyl (C=S) groups is 1. The monoisotopic (exact) mass is 450 g/mol. The highest BCUT2D eigenvalue weighted by Gasteiger charge is 2.15. The summed E-state index contributed by atoms with van der Waals surface area (Å²) in [5.74, 6) is 0. The van der Waals surface area contributed by atoms with Crippen molar-refractivity contribution in [1.82, 2.24) is 19.8 Å². The molecule has 0 saturated carbocycles. The highest BCUT2D eigenvalue weighted by Crippen LogP contribution is 2.27. The highest BCUT2D eigenvalue weighted by molar-refractivity contribution is 7.80. The van der Waals surface area contributed by atoms with E-state index in [1.165, 1.54) is 0 Å². The van der Waals surface area contributed by atoms with E-state index >= 15 is 0 Å². The Kier molecular flexibility index (Phi) is 5.70. The fourth-order valence-corrected chi connectivity index (χ4v) is 3.99. The second-order valence-electron chi connectivity index (χ2n) is 7.61. The summed E-state index contributed by atoms with van der Waals surface area (Å²) in [5.41, 5.74) is 14.4. The van der Waals surface area contributed by atoms with Gasteiger partial charge in [-0.05, 0) is 30.4 Å². The predicted molar refractivity (Wildman–Crippen MR) is 138 cm³/mol. The molecule has 2 aromatic heterocycles. The summed E-state index contributed by atoms with van der Waals surface area (Å²) in [6, 6.07) is 28.7. The van der Waals surface area contributed by atoms with Crippen LogP contribution in [0.4, 0.5) is 0 Å². The second kappa shape index (κ2) is 9.10. The van der Waals surface area contributed by atoms with Crippen molar-refractivity contribution in [1.29, 1.82) is 0 Å². The van der Waals surface area contributed by atoms with Crippen LogP contribution in [0.1, 0.15) is 11.1 Å². The van der Waals surface area contributed by atoms with Crippen molar-refractivity contribution < 1.29 is 0 Å². The van der Waals surface area contributed by atoms with Crippen molar-refractivity contribution >= 4 is 34.4 Å². The number of aromatic nitrogens is 3. The van der Waals surface area contributed by atoms with Crippen LogP contribution in [0, 0.1) is 0 Å². The topological polar surface area (TPSA) is 73.2 Å². The van der Waals surface area contributed by atoms with Gasteiger partial charge in [0.25, 0.3) is 0 Å². The van der Waals surface area contributed by atoms with Crippen LogP contribution in [0.3, 0.4) is 0 Å². The van der Waals surface area contributed by atoms with E-state index < -0.39 is 0 Å². The maximum atomic E-state index is 5.49. The van der Waals surface area contributed by atoms with Gasteiger partial charge in [0, 0.05) is 40.0 Å². The Balaban J connectivity index is 1.58. The van der Waals surface area contributed by atoms with E-state index in [9.17, 15) is 0 Å². The van der Waals surface area contributed by atoms with Crippen LogP contribution in [0.25, 0.3) is 27.8 Å². The van der Waals surface area contributed by atoms with Crippen molar-refractivity contribution in [2.45, 2.75) is 6.54 Å². The van der Waals surface area contributed by atoms with Crippen LogP contribution in [-0.4, -0.2) is 25.7 Å². The van der Waals surface area contributed by atoms with Gasteiger partial charge >= 0.3 is 0 Å². The molecule has 5 rings (SSSR count). The van der Waals surface area contributed by atoms with Gasteiger partial charge in [-0.15, -0.1) is 0 Å². The van der Waals surface area contributed by atoms with Crippen LogP contribution in [0.2, 0.25) is 0 Å². The lowest BCUT2D eigenvalue weighted by molar-refractivity contribution is 0.834. The summed E-state index contributed by atoms with van der Waals surface area (Å²) in [7, 11) is 0. The summed E-state index contributed by atoms with van der Waals surface area (Å²) >= 11 is 4.84. The number of hydrazone groups is 1. The molecular formula is C26H22N6S. The quantitative estimate of drug-likeness (QED) is 0.223. The van der Waals surface area contributed by atoms with E-state index in [2.05, 4.69) is 63.9 Å². The maximum Gasteiger partial charge on any atom is 0.184 e. The van der Waals surface area contributed by atoms with E-state index in [1.54, 1.807) is 6.21 Å². The lowest BCUT2D eigenvalue weighted by atomic mass is 10.1. The third-order valence-corrected chi connectivity index (χ3v) is 5.49. The molecule has 0 bridgehead atoms. The molecule has 0 radical (unpaired) electrons. The summed E-state index contributed by atoms with van der Waals surface area (Å²) in [5, 5.41) is 10.3. The summed E-state index contributed by atoms with van der Waals surface area (Å²) in [6.07, 6.45) is 5.93. The molecule has 5 aromatic rings. The van der Waals surface area contributed by atoms with E-state index in [0.717, 1.165) is 39.0 Å². The Morgan fingerprint density at radius 1 is 0.939 bits per heavy atom. The predicted octanol–water partition coefficient (Wildman–Crippen LogP) is 4.71. The first-order valence-electron chi connectivity index (χ1n) is 10.5. The Morgan fingerprint density at radius 3 is 2.39 bits per heavy atom. The van der Waals surface area contributed by atoms with Gasteiger partial charge in [0.1, 0.15) is 0 Å². The number of hydrogen-bond acceptors (Lipinski definition) is 3. The van der Waals surface area contributed by atoms with Gasteiger partial charge in [-0.3, -0.25) is 5.43 Å². The number of rotatable bonds is 6. The Labute approximate surface area is 197 Å². The minimum Gasteiger partial charge on any atom is -0.375 e. The van der Waals surface area contributed by atoms with Crippen molar-refractivity contribution in [3.8, 4) is 16.9 Å². The first-order valence-corrected chi connectivity index (χ1v) is 11.0. The summed E-state index contributed by atoms with van der Waals surface area (Å²) < 4.78 is 4.16.